The molecule has 0 bridgehead atoms. The Kier molecular flexibility index (Phi) is 4.90. The van der Waals surface area contributed by atoms with Crippen molar-refractivity contribution >= 4 is 22.7 Å². The van der Waals surface area contributed by atoms with Gasteiger partial charge in [0.15, 0.2) is 0 Å². The maximum Gasteiger partial charge on any atom is 0.149 e. The van der Waals surface area contributed by atoms with Gasteiger partial charge in [0.1, 0.15) is 24.3 Å². The number of hydrogen-bond acceptors (Lipinski definition) is 3. The molecule has 4 heteroatoms. The summed E-state index contributed by atoms with van der Waals surface area (Å²) in [5, 5.41) is 9.70. The molecule has 0 aliphatic rings. The first-order valence-corrected chi connectivity index (χ1v) is 9.07. The molecule has 4 aromatic rings. The molecule has 0 aliphatic heterocycles. The third kappa shape index (κ3) is 3.79. The van der Waals surface area contributed by atoms with Gasteiger partial charge in [-0.2, -0.15) is 5.26 Å². The Morgan fingerprint density at radius 3 is 2.68 bits per heavy atom. The van der Waals surface area contributed by atoms with Gasteiger partial charge in [0.05, 0.1) is 16.6 Å². The Morgan fingerprint density at radius 2 is 1.86 bits per heavy atom. The number of para-hydroxylation sites is 1. The number of aromatic amines is 1. The second-order valence-electron chi connectivity index (χ2n) is 6.59. The number of aryl methyl sites for hydroxylation is 1. The molecule has 0 atom stereocenters. The van der Waals surface area contributed by atoms with Crippen LogP contribution >= 0.6 is 0 Å². The molecular formula is C24H19N3O. The van der Waals surface area contributed by atoms with Crippen LogP contribution in [0, 0.1) is 18.3 Å². The summed E-state index contributed by atoms with van der Waals surface area (Å²) >= 11 is 0. The number of aromatic nitrogens is 2. The first-order valence-electron chi connectivity index (χ1n) is 9.07. The number of H-pyrrole nitrogens is 1. The molecule has 0 aliphatic carbocycles. The highest BCUT2D eigenvalue weighted by atomic mass is 16.5. The van der Waals surface area contributed by atoms with Crippen LogP contribution < -0.4 is 4.74 Å². The van der Waals surface area contributed by atoms with Crippen LogP contribution in [0.1, 0.15) is 22.5 Å². The molecule has 0 radical (unpaired) electrons. The summed E-state index contributed by atoms with van der Waals surface area (Å²) in [7, 11) is 0. The van der Waals surface area contributed by atoms with Gasteiger partial charge in [0.2, 0.25) is 0 Å². The topological polar surface area (TPSA) is 61.7 Å². The Morgan fingerprint density at radius 1 is 1.07 bits per heavy atom. The summed E-state index contributed by atoms with van der Waals surface area (Å²) in [5.74, 6) is 1.28. The molecule has 0 saturated heterocycles. The van der Waals surface area contributed by atoms with E-state index < -0.39 is 0 Å². The summed E-state index contributed by atoms with van der Waals surface area (Å²) in [5.41, 5.74) is 5.30. The van der Waals surface area contributed by atoms with Crippen molar-refractivity contribution in [2.45, 2.75) is 13.5 Å². The van der Waals surface area contributed by atoms with Crippen LogP contribution in [0.15, 0.2) is 72.8 Å². The van der Waals surface area contributed by atoms with Crippen molar-refractivity contribution < 1.29 is 4.74 Å². The summed E-state index contributed by atoms with van der Waals surface area (Å²) < 4.78 is 5.99. The molecule has 0 unspecified atom stereocenters. The number of allylic oxidation sites excluding steroid dienone is 1. The monoisotopic (exact) mass is 365 g/mol. The normalized spacial score (nSPS) is 11.4. The second-order valence-corrected chi connectivity index (χ2v) is 6.59. The molecule has 136 valence electrons. The van der Waals surface area contributed by atoms with E-state index in [0.29, 0.717) is 18.0 Å². The van der Waals surface area contributed by atoms with Gasteiger partial charge in [-0.1, -0.05) is 54.6 Å². The maximum atomic E-state index is 9.70. The van der Waals surface area contributed by atoms with Crippen LogP contribution in [0.2, 0.25) is 0 Å². The fraction of sp³-hybridized carbons (Fsp3) is 0.0833. The van der Waals surface area contributed by atoms with E-state index in [1.165, 1.54) is 0 Å². The minimum atomic E-state index is 0.463. The predicted octanol–water partition coefficient (Wildman–Crippen LogP) is 5.51. The number of nitriles is 1. The highest BCUT2D eigenvalue weighted by Crippen LogP contribution is 2.25. The molecule has 0 saturated carbocycles. The number of nitrogens with zero attached hydrogens (tertiary/aromatic N) is 2. The number of fused-ring (bicyclic) bond motifs is 1. The van der Waals surface area contributed by atoms with Crippen LogP contribution in [0.4, 0.5) is 0 Å². The van der Waals surface area contributed by atoms with Crippen LogP contribution in [0.25, 0.3) is 22.7 Å². The van der Waals surface area contributed by atoms with Gasteiger partial charge in [-0.25, -0.2) is 4.98 Å². The number of benzene rings is 3. The smallest absolute Gasteiger partial charge is 0.149 e. The van der Waals surface area contributed by atoms with Crippen molar-refractivity contribution in [2.24, 2.45) is 0 Å². The van der Waals surface area contributed by atoms with E-state index in [-0.39, 0.29) is 0 Å². The molecule has 0 spiro atoms. The SMILES string of the molecule is Cc1ccc2nc(/C(C#N)=C\c3ccccc3OCc3ccccc3)[nH]c2c1. The van der Waals surface area contributed by atoms with Gasteiger partial charge < -0.3 is 9.72 Å². The van der Waals surface area contributed by atoms with Gasteiger partial charge in [0, 0.05) is 5.56 Å². The standard InChI is InChI=1S/C24H19N3O/c1-17-11-12-21-22(13-17)27-24(26-21)20(15-25)14-19-9-5-6-10-23(19)28-16-18-7-3-2-4-8-18/h2-14H,16H2,1H3,(H,26,27)/b20-14-. The lowest BCUT2D eigenvalue weighted by atomic mass is 10.1. The van der Waals surface area contributed by atoms with Gasteiger partial charge >= 0.3 is 0 Å². The molecule has 28 heavy (non-hydrogen) atoms. The fourth-order valence-electron chi connectivity index (χ4n) is 3.03. The molecule has 1 aromatic heterocycles. The average molecular weight is 365 g/mol. The third-order valence-electron chi connectivity index (χ3n) is 4.47. The zero-order chi connectivity index (χ0) is 19.3. The summed E-state index contributed by atoms with van der Waals surface area (Å²) in [6, 6.07) is 25.9. The number of ether oxygens (including phenoxy) is 1. The summed E-state index contributed by atoms with van der Waals surface area (Å²) in [6.45, 7) is 2.50. The molecular weight excluding hydrogens is 346 g/mol. The first-order chi connectivity index (χ1) is 13.7. The second kappa shape index (κ2) is 7.81. The first kappa shape index (κ1) is 17.6. The lowest BCUT2D eigenvalue weighted by Crippen LogP contribution is -1.97. The highest BCUT2D eigenvalue weighted by Gasteiger charge is 2.10. The fourth-order valence-corrected chi connectivity index (χ4v) is 3.03. The average Bonchev–Trinajstić information content (AvgIpc) is 3.15. The van der Waals surface area contributed by atoms with E-state index in [4.69, 9.17) is 4.74 Å². The van der Waals surface area contributed by atoms with Gasteiger partial charge in [-0.3, -0.25) is 0 Å². The van der Waals surface area contributed by atoms with Crippen LogP contribution in [0.3, 0.4) is 0 Å². The van der Waals surface area contributed by atoms with Crippen molar-refractivity contribution in [2.75, 3.05) is 0 Å². The van der Waals surface area contributed by atoms with E-state index in [1.807, 2.05) is 85.8 Å². The largest absolute Gasteiger partial charge is 0.488 e. The maximum absolute atomic E-state index is 9.70. The van der Waals surface area contributed by atoms with E-state index in [2.05, 4.69) is 16.0 Å². The summed E-state index contributed by atoms with van der Waals surface area (Å²) in [6.07, 6.45) is 1.81. The van der Waals surface area contributed by atoms with Crippen LogP contribution in [-0.2, 0) is 6.61 Å². The third-order valence-corrected chi connectivity index (χ3v) is 4.47. The lowest BCUT2D eigenvalue weighted by molar-refractivity contribution is 0.305. The minimum Gasteiger partial charge on any atom is -0.488 e. The Labute approximate surface area is 163 Å². The van der Waals surface area contributed by atoms with Crippen molar-refractivity contribution in [3.05, 3.63) is 95.3 Å². The molecule has 3 aromatic carbocycles. The highest BCUT2D eigenvalue weighted by molar-refractivity contribution is 5.91. The van der Waals surface area contributed by atoms with Gasteiger partial charge in [0.25, 0.3) is 0 Å². The molecule has 0 fully saturated rings. The quantitative estimate of drug-likeness (QED) is 0.474. The Balaban J connectivity index is 1.65. The number of imidazole rings is 1. The van der Waals surface area contributed by atoms with Crippen molar-refractivity contribution in [1.29, 1.82) is 5.26 Å². The van der Waals surface area contributed by atoms with Crippen LogP contribution in [-0.4, -0.2) is 9.97 Å². The van der Waals surface area contributed by atoms with E-state index in [1.54, 1.807) is 0 Å². The van der Waals surface area contributed by atoms with Crippen LogP contribution in [0.5, 0.6) is 5.75 Å². The number of hydrogen-bond donors (Lipinski definition) is 1. The number of nitrogens with one attached hydrogen (secondary N) is 1. The number of rotatable bonds is 5. The summed E-state index contributed by atoms with van der Waals surface area (Å²) in [4.78, 5) is 7.80. The van der Waals surface area contributed by atoms with E-state index in [9.17, 15) is 5.26 Å². The molecule has 4 rings (SSSR count). The van der Waals surface area contributed by atoms with Crippen molar-refractivity contribution in [3.63, 3.8) is 0 Å². The predicted molar refractivity (Wildman–Crippen MR) is 112 cm³/mol. The molecule has 1 heterocycles. The van der Waals surface area contributed by atoms with Crippen molar-refractivity contribution in [1.82, 2.24) is 9.97 Å². The van der Waals surface area contributed by atoms with Crippen molar-refractivity contribution in [3.8, 4) is 11.8 Å². The molecule has 4 nitrogen and oxygen atoms in total. The zero-order valence-corrected chi connectivity index (χ0v) is 15.5. The minimum absolute atomic E-state index is 0.463. The molecule has 1 N–H and O–H groups in total. The van der Waals surface area contributed by atoms with E-state index >= 15 is 0 Å². The Hall–Kier alpha value is -3.84. The molecule has 0 amide bonds. The Bertz CT molecular complexity index is 1180. The van der Waals surface area contributed by atoms with Gasteiger partial charge in [-0.05, 0) is 42.3 Å². The lowest BCUT2D eigenvalue weighted by Gasteiger charge is -2.09. The van der Waals surface area contributed by atoms with E-state index in [0.717, 1.165) is 33.5 Å². The van der Waals surface area contributed by atoms with Gasteiger partial charge in [-0.15, -0.1) is 0 Å². The zero-order valence-electron chi connectivity index (χ0n) is 15.5.